The maximum atomic E-state index is 5.11. The molecule has 1 aliphatic rings. The van der Waals surface area contributed by atoms with Crippen molar-refractivity contribution in [2.45, 2.75) is 11.3 Å². The zero-order chi connectivity index (χ0) is 7.68. The van der Waals surface area contributed by atoms with Crippen LogP contribution in [0.15, 0.2) is 23.1 Å². The molecule has 0 atom stereocenters. The van der Waals surface area contributed by atoms with Gasteiger partial charge in [-0.25, -0.2) is 0 Å². The molecule has 58 valence electrons. The Morgan fingerprint density at radius 3 is 3.18 bits per heavy atom. The van der Waals surface area contributed by atoms with Crippen molar-refractivity contribution in [2.75, 3.05) is 5.75 Å². The lowest BCUT2D eigenvalue weighted by Crippen LogP contribution is -2.04. The van der Waals surface area contributed by atoms with E-state index >= 15 is 0 Å². The lowest BCUT2D eigenvalue weighted by molar-refractivity contribution is 0.330. The first kappa shape index (κ1) is 7.00. The van der Waals surface area contributed by atoms with Crippen LogP contribution < -0.4 is 10.7 Å². The summed E-state index contributed by atoms with van der Waals surface area (Å²) in [6.45, 7) is 0. The minimum Gasteiger partial charge on any atom is -0.411 e. The van der Waals surface area contributed by atoms with Crippen molar-refractivity contribution in [3.8, 4) is 5.75 Å². The zero-order valence-corrected chi connectivity index (χ0v) is 6.86. The minimum absolute atomic E-state index is 0.826. The molecule has 0 radical (unpaired) electrons. The van der Waals surface area contributed by atoms with Crippen molar-refractivity contribution in [2.24, 2.45) is 5.90 Å². The summed E-state index contributed by atoms with van der Waals surface area (Å²) in [6.07, 6.45) is 1.08. The van der Waals surface area contributed by atoms with Gasteiger partial charge < -0.3 is 4.84 Å². The van der Waals surface area contributed by atoms with Gasteiger partial charge in [-0.15, -0.1) is 11.8 Å². The Balaban J connectivity index is 2.50. The molecule has 11 heavy (non-hydrogen) atoms. The fraction of sp³-hybridized carbons (Fsp3) is 0.250. The van der Waals surface area contributed by atoms with Crippen molar-refractivity contribution in [1.82, 2.24) is 0 Å². The zero-order valence-electron chi connectivity index (χ0n) is 6.04. The third-order valence-electron chi connectivity index (χ3n) is 1.83. The normalized spacial score (nSPS) is 14.6. The first-order chi connectivity index (χ1) is 5.42. The molecule has 0 aromatic heterocycles. The molecule has 0 saturated carbocycles. The summed E-state index contributed by atoms with van der Waals surface area (Å²) in [7, 11) is 0. The summed E-state index contributed by atoms with van der Waals surface area (Å²) in [5, 5.41) is 0. The highest BCUT2D eigenvalue weighted by atomic mass is 32.2. The molecule has 1 aromatic rings. The van der Waals surface area contributed by atoms with Gasteiger partial charge in [-0.1, -0.05) is 6.07 Å². The summed E-state index contributed by atoms with van der Waals surface area (Å²) < 4.78 is 0. The fourth-order valence-corrected chi connectivity index (χ4v) is 2.38. The van der Waals surface area contributed by atoms with Gasteiger partial charge >= 0.3 is 0 Å². The van der Waals surface area contributed by atoms with Crippen LogP contribution in [0.4, 0.5) is 0 Å². The predicted octanol–water partition coefficient (Wildman–Crippen LogP) is 1.59. The molecule has 0 bridgehead atoms. The maximum Gasteiger partial charge on any atom is 0.151 e. The molecule has 1 aromatic carbocycles. The van der Waals surface area contributed by atoms with E-state index in [1.165, 1.54) is 10.5 Å². The second-order valence-corrected chi connectivity index (χ2v) is 3.59. The van der Waals surface area contributed by atoms with Crippen LogP contribution in [0.5, 0.6) is 5.75 Å². The Bertz CT molecular complexity index is 275. The number of fused-ring (bicyclic) bond motifs is 1. The minimum atomic E-state index is 0.826. The van der Waals surface area contributed by atoms with Crippen LogP contribution in [0.2, 0.25) is 0 Å². The third kappa shape index (κ3) is 1.10. The molecule has 0 aliphatic carbocycles. The molecule has 2 N–H and O–H groups in total. The van der Waals surface area contributed by atoms with E-state index in [1.54, 1.807) is 0 Å². The van der Waals surface area contributed by atoms with E-state index in [9.17, 15) is 0 Å². The molecule has 2 nitrogen and oxygen atoms in total. The van der Waals surface area contributed by atoms with E-state index in [-0.39, 0.29) is 0 Å². The van der Waals surface area contributed by atoms with E-state index in [0.717, 1.165) is 17.9 Å². The number of rotatable bonds is 1. The molecule has 0 spiro atoms. The number of hydrogen-bond donors (Lipinski definition) is 1. The number of thioether (sulfide) groups is 1. The van der Waals surface area contributed by atoms with E-state index in [2.05, 4.69) is 6.07 Å². The largest absolute Gasteiger partial charge is 0.411 e. The average Bonchev–Trinajstić information content (AvgIpc) is 2.50. The molecule has 2 rings (SSSR count). The lowest BCUT2D eigenvalue weighted by atomic mass is 10.1. The average molecular weight is 167 g/mol. The second kappa shape index (κ2) is 2.75. The van der Waals surface area contributed by atoms with Gasteiger partial charge in [-0.3, -0.25) is 0 Å². The van der Waals surface area contributed by atoms with Crippen LogP contribution in [0.3, 0.4) is 0 Å². The lowest BCUT2D eigenvalue weighted by Gasteiger charge is -2.03. The molecular formula is C8H9NOS. The summed E-state index contributed by atoms with van der Waals surface area (Å²) in [6, 6.07) is 5.99. The second-order valence-electron chi connectivity index (χ2n) is 2.45. The Hall–Kier alpha value is -0.670. The molecule has 0 amide bonds. The van der Waals surface area contributed by atoms with E-state index in [1.807, 2.05) is 23.9 Å². The van der Waals surface area contributed by atoms with Crippen LogP contribution in [0.25, 0.3) is 0 Å². The monoisotopic (exact) mass is 167 g/mol. The summed E-state index contributed by atoms with van der Waals surface area (Å²) in [4.78, 5) is 6.06. The first-order valence-electron chi connectivity index (χ1n) is 3.53. The van der Waals surface area contributed by atoms with Crippen LogP contribution in [0, 0.1) is 0 Å². The number of benzene rings is 1. The van der Waals surface area contributed by atoms with Crippen molar-refractivity contribution in [1.29, 1.82) is 0 Å². The van der Waals surface area contributed by atoms with Crippen molar-refractivity contribution in [3.05, 3.63) is 23.8 Å². The Morgan fingerprint density at radius 1 is 1.45 bits per heavy atom. The van der Waals surface area contributed by atoms with Gasteiger partial charge in [-0.05, 0) is 18.6 Å². The van der Waals surface area contributed by atoms with Gasteiger partial charge in [0, 0.05) is 16.2 Å². The molecule has 0 unspecified atom stereocenters. The summed E-state index contributed by atoms with van der Waals surface area (Å²) in [5.74, 6) is 7.09. The highest BCUT2D eigenvalue weighted by molar-refractivity contribution is 7.99. The summed E-state index contributed by atoms with van der Waals surface area (Å²) in [5.41, 5.74) is 1.26. The van der Waals surface area contributed by atoms with Crippen LogP contribution in [-0.2, 0) is 6.42 Å². The molecular weight excluding hydrogens is 158 g/mol. The van der Waals surface area contributed by atoms with Gasteiger partial charge in [-0.2, -0.15) is 5.90 Å². The van der Waals surface area contributed by atoms with Crippen molar-refractivity contribution in [3.63, 3.8) is 0 Å². The van der Waals surface area contributed by atoms with Crippen LogP contribution in [-0.4, -0.2) is 5.75 Å². The third-order valence-corrected chi connectivity index (χ3v) is 2.93. The predicted molar refractivity (Wildman–Crippen MR) is 45.7 cm³/mol. The summed E-state index contributed by atoms with van der Waals surface area (Å²) >= 11 is 1.86. The van der Waals surface area contributed by atoms with Crippen LogP contribution >= 0.6 is 11.8 Å². The van der Waals surface area contributed by atoms with Gasteiger partial charge in [0.2, 0.25) is 0 Å². The van der Waals surface area contributed by atoms with Gasteiger partial charge in [0.1, 0.15) is 0 Å². The highest BCUT2D eigenvalue weighted by Gasteiger charge is 2.15. The standard InChI is InChI=1S/C8H9NOS/c9-10-7-2-1-3-8-6(7)4-5-11-8/h1-3H,4-5,9H2. The Morgan fingerprint density at radius 2 is 2.36 bits per heavy atom. The quantitative estimate of drug-likeness (QED) is 0.645. The first-order valence-corrected chi connectivity index (χ1v) is 4.52. The SMILES string of the molecule is NOc1cccc2c1CCS2. The van der Waals surface area contributed by atoms with Gasteiger partial charge in [0.15, 0.2) is 5.75 Å². The Labute approximate surface area is 69.7 Å². The highest BCUT2D eigenvalue weighted by Crippen LogP contribution is 2.36. The van der Waals surface area contributed by atoms with Crippen molar-refractivity contribution < 1.29 is 4.84 Å². The molecule has 0 fully saturated rings. The van der Waals surface area contributed by atoms with E-state index < -0.39 is 0 Å². The van der Waals surface area contributed by atoms with Crippen LogP contribution in [0.1, 0.15) is 5.56 Å². The van der Waals surface area contributed by atoms with Gasteiger partial charge in [0.25, 0.3) is 0 Å². The number of hydrogen-bond acceptors (Lipinski definition) is 3. The van der Waals surface area contributed by atoms with E-state index in [4.69, 9.17) is 10.7 Å². The van der Waals surface area contributed by atoms with E-state index in [0.29, 0.717) is 0 Å². The molecule has 1 heterocycles. The molecule has 3 heteroatoms. The number of nitrogens with two attached hydrogens (primary N) is 1. The molecule has 1 aliphatic heterocycles. The fourth-order valence-electron chi connectivity index (χ4n) is 1.30. The maximum absolute atomic E-state index is 5.11. The van der Waals surface area contributed by atoms with Crippen molar-refractivity contribution >= 4 is 11.8 Å². The Kier molecular flexibility index (Phi) is 1.75. The topological polar surface area (TPSA) is 35.2 Å². The molecule has 0 saturated heterocycles. The smallest absolute Gasteiger partial charge is 0.151 e. The van der Waals surface area contributed by atoms with Gasteiger partial charge in [0.05, 0.1) is 0 Å².